The molecule has 0 aromatic rings. The Morgan fingerprint density at radius 3 is 2.45 bits per heavy atom. The van der Waals surface area contributed by atoms with Crippen molar-refractivity contribution in [1.29, 1.82) is 0 Å². The van der Waals surface area contributed by atoms with Gasteiger partial charge in [0.05, 0.1) is 17.6 Å². The minimum atomic E-state index is -0.881. The first-order chi connectivity index (χ1) is 9.49. The molecule has 1 aliphatic carbocycles. The maximum atomic E-state index is 11.9. The number of carboxylic acid groups (broad SMARTS) is 1. The van der Waals surface area contributed by atoms with Crippen molar-refractivity contribution in [2.75, 3.05) is 13.7 Å². The second-order valence-corrected chi connectivity index (χ2v) is 5.43. The molecule has 0 aliphatic heterocycles. The lowest BCUT2D eigenvalue weighted by Crippen LogP contribution is -2.50. The third-order valence-corrected chi connectivity index (χ3v) is 4.47. The highest BCUT2D eigenvalue weighted by Crippen LogP contribution is 2.26. The summed E-state index contributed by atoms with van der Waals surface area (Å²) in [4.78, 5) is 23.2. The second kappa shape index (κ2) is 7.47. The predicted octanol–water partition coefficient (Wildman–Crippen LogP) is 1.74. The summed E-state index contributed by atoms with van der Waals surface area (Å²) in [5.41, 5.74) is -0.881. The highest BCUT2D eigenvalue weighted by atomic mass is 16.5. The van der Waals surface area contributed by atoms with E-state index in [-0.39, 0.29) is 24.7 Å². The molecule has 20 heavy (non-hydrogen) atoms. The number of urea groups is 1. The third-order valence-electron chi connectivity index (χ3n) is 4.47. The topological polar surface area (TPSA) is 87.7 Å². The molecule has 1 rings (SSSR count). The molecule has 0 spiro atoms. The number of carboxylic acids is 1. The van der Waals surface area contributed by atoms with E-state index in [1.807, 2.05) is 13.8 Å². The second-order valence-electron chi connectivity index (χ2n) is 5.43. The van der Waals surface area contributed by atoms with E-state index in [0.29, 0.717) is 12.8 Å². The number of nitrogens with one attached hydrogen (secondary N) is 2. The van der Waals surface area contributed by atoms with Crippen molar-refractivity contribution < 1.29 is 19.4 Å². The molecule has 6 nitrogen and oxygen atoms in total. The van der Waals surface area contributed by atoms with Gasteiger partial charge in [0.2, 0.25) is 0 Å². The van der Waals surface area contributed by atoms with Crippen LogP contribution in [0.15, 0.2) is 0 Å². The Bertz CT molecular complexity index is 342. The summed E-state index contributed by atoms with van der Waals surface area (Å²) in [6.45, 7) is 3.80. The van der Waals surface area contributed by atoms with Crippen LogP contribution in [0.3, 0.4) is 0 Å². The van der Waals surface area contributed by atoms with Crippen LogP contribution in [0.5, 0.6) is 0 Å². The molecule has 2 amide bonds. The van der Waals surface area contributed by atoms with E-state index >= 15 is 0 Å². The number of hydrogen-bond acceptors (Lipinski definition) is 3. The van der Waals surface area contributed by atoms with Crippen LogP contribution in [0, 0.1) is 5.41 Å². The molecule has 1 fully saturated rings. The largest absolute Gasteiger partial charge is 0.481 e. The van der Waals surface area contributed by atoms with Gasteiger partial charge < -0.3 is 20.5 Å². The molecule has 0 heterocycles. The molecule has 0 aromatic carbocycles. The van der Waals surface area contributed by atoms with Crippen LogP contribution < -0.4 is 10.6 Å². The van der Waals surface area contributed by atoms with E-state index in [4.69, 9.17) is 4.74 Å². The van der Waals surface area contributed by atoms with Gasteiger partial charge >= 0.3 is 12.0 Å². The minimum absolute atomic E-state index is 0.0162. The molecule has 0 aromatic heterocycles. The van der Waals surface area contributed by atoms with Gasteiger partial charge in [-0.1, -0.05) is 13.8 Å². The van der Waals surface area contributed by atoms with Gasteiger partial charge in [-0.05, 0) is 32.1 Å². The molecule has 2 atom stereocenters. The van der Waals surface area contributed by atoms with E-state index < -0.39 is 11.4 Å². The Morgan fingerprint density at radius 1 is 1.30 bits per heavy atom. The number of amides is 2. The van der Waals surface area contributed by atoms with Crippen LogP contribution in [-0.4, -0.2) is 42.9 Å². The van der Waals surface area contributed by atoms with Crippen molar-refractivity contribution in [3.8, 4) is 0 Å². The maximum absolute atomic E-state index is 11.9. The highest BCUT2D eigenvalue weighted by molar-refractivity contribution is 5.78. The van der Waals surface area contributed by atoms with E-state index in [2.05, 4.69) is 10.6 Å². The van der Waals surface area contributed by atoms with Crippen molar-refractivity contribution in [1.82, 2.24) is 10.6 Å². The smallest absolute Gasteiger partial charge is 0.315 e. The average Bonchev–Trinajstić information content (AvgIpc) is 2.87. The number of ether oxygens (including phenoxy) is 1. The summed E-state index contributed by atoms with van der Waals surface area (Å²) in [6.07, 6.45) is 3.92. The van der Waals surface area contributed by atoms with Crippen molar-refractivity contribution in [3.63, 3.8) is 0 Å². The Kier molecular flexibility index (Phi) is 6.26. The molecular weight excluding hydrogens is 260 g/mol. The molecule has 6 heteroatoms. The molecule has 0 saturated heterocycles. The Labute approximate surface area is 120 Å². The van der Waals surface area contributed by atoms with E-state index in [0.717, 1.165) is 19.3 Å². The van der Waals surface area contributed by atoms with Crippen LogP contribution in [0.1, 0.15) is 46.0 Å². The van der Waals surface area contributed by atoms with Crippen molar-refractivity contribution in [3.05, 3.63) is 0 Å². The number of carbonyl (C=O) groups excluding carboxylic acids is 1. The number of aliphatic carboxylic acids is 1. The average molecular weight is 286 g/mol. The van der Waals surface area contributed by atoms with Gasteiger partial charge in [0, 0.05) is 13.7 Å². The summed E-state index contributed by atoms with van der Waals surface area (Å²) in [6, 6.07) is -0.297. The van der Waals surface area contributed by atoms with Crippen molar-refractivity contribution >= 4 is 12.0 Å². The predicted molar refractivity (Wildman–Crippen MR) is 75.6 cm³/mol. The molecule has 116 valence electrons. The Morgan fingerprint density at radius 2 is 1.95 bits per heavy atom. The third kappa shape index (κ3) is 3.85. The quantitative estimate of drug-likeness (QED) is 0.665. The first kappa shape index (κ1) is 16.8. The number of methoxy groups -OCH3 is 1. The van der Waals surface area contributed by atoms with Crippen LogP contribution >= 0.6 is 0 Å². The molecule has 0 bridgehead atoms. The molecule has 1 saturated carbocycles. The minimum Gasteiger partial charge on any atom is -0.481 e. The van der Waals surface area contributed by atoms with Crippen LogP contribution in [-0.2, 0) is 9.53 Å². The summed E-state index contributed by atoms with van der Waals surface area (Å²) >= 11 is 0. The normalized spacial score (nSPS) is 22.6. The molecule has 2 unspecified atom stereocenters. The zero-order valence-corrected chi connectivity index (χ0v) is 12.6. The molecule has 3 N–H and O–H groups in total. The molecule has 0 radical (unpaired) electrons. The first-order valence-corrected chi connectivity index (χ1v) is 7.29. The zero-order valence-electron chi connectivity index (χ0n) is 12.6. The lowest BCUT2D eigenvalue weighted by molar-refractivity contribution is -0.149. The van der Waals surface area contributed by atoms with Gasteiger partial charge in [0.15, 0.2) is 0 Å². The monoisotopic (exact) mass is 286 g/mol. The van der Waals surface area contributed by atoms with Gasteiger partial charge in [-0.2, -0.15) is 0 Å². The SMILES string of the molecule is CCC(CC)(CNC(=O)NC1CCCC1OC)C(=O)O. The van der Waals surface area contributed by atoms with Gasteiger partial charge in [-0.25, -0.2) is 4.79 Å². The standard InChI is InChI=1S/C14H26N2O4/c1-4-14(5-2,12(17)18)9-15-13(19)16-10-7-6-8-11(10)20-3/h10-11H,4-9H2,1-3H3,(H,17,18)(H2,15,16,19). The summed E-state index contributed by atoms with van der Waals surface area (Å²) in [5.74, 6) is -0.863. The lowest BCUT2D eigenvalue weighted by Gasteiger charge is -2.27. The number of rotatable bonds is 7. The van der Waals surface area contributed by atoms with Crippen molar-refractivity contribution in [2.24, 2.45) is 5.41 Å². The molecular formula is C14H26N2O4. The Hall–Kier alpha value is -1.30. The zero-order chi connectivity index (χ0) is 15.2. The fourth-order valence-electron chi connectivity index (χ4n) is 2.72. The van der Waals surface area contributed by atoms with E-state index in [1.165, 1.54) is 0 Å². The van der Waals surface area contributed by atoms with Crippen LogP contribution in [0.4, 0.5) is 4.79 Å². The van der Waals surface area contributed by atoms with Gasteiger partial charge in [0.25, 0.3) is 0 Å². The molecule has 1 aliphatic rings. The number of hydrogen-bond donors (Lipinski definition) is 3. The maximum Gasteiger partial charge on any atom is 0.315 e. The fraction of sp³-hybridized carbons (Fsp3) is 0.857. The van der Waals surface area contributed by atoms with Gasteiger partial charge in [-0.3, -0.25) is 4.79 Å². The van der Waals surface area contributed by atoms with E-state index in [9.17, 15) is 14.7 Å². The number of carbonyl (C=O) groups is 2. The van der Waals surface area contributed by atoms with Crippen molar-refractivity contribution in [2.45, 2.75) is 58.1 Å². The highest BCUT2D eigenvalue weighted by Gasteiger charge is 2.35. The fourth-order valence-corrected chi connectivity index (χ4v) is 2.72. The van der Waals surface area contributed by atoms with Crippen LogP contribution in [0.2, 0.25) is 0 Å². The summed E-state index contributed by atoms with van der Waals surface area (Å²) in [5, 5.41) is 14.9. The van der Waals surface area contributed by atoms with Gasteiger partial charge in [-0.15, -0.1) is 0 Å². The van der Waals surface area contributed by atoms with E-state index in [1.54, 1.807) is 7.11 Å². The Balaban J connectivity index is 2.48. The summed E-state index contributed by atoms with van der Waals surface area (Å²) < 4.78 is 5.31. The lowest BCUT2D eigenvalue weighted by atomic mass is 9.82. The van der Waals surface area contributed by atoms with Gasteiger partial charge in [0.1, 0.15) is 0 Å². The summed E-state index contributed by atoms with van der Waals surface area (Å²) in [7, 11) is 1.65. The van der Waals surface area contributed by atoms with Crippen LogP contribution in [0.25, 0.3) is 0 Å². The first-order valence-electron chi connectivity index (χ1n) is 7.29.